The van der Waals surface area contributed by atoms with E-state index in [1.165, 1.54) is 0 Å². The van der Waals surface area contributed by atoms with Gasteiger partial charge in [-0.2, -0.15) is 0 Å². The summed E-state index contributed by atoms with van der Waals surface area (Å²) in [5.41, 5.74) is 0.894. The zero-order valence-electron chi connectivity index (χ0n) is 18.1. The first kappa shape index (κ1) is 23.4. The van der Waals surface area contributed by atoms with Crippen LogP contribution in [0.2, 0.25) is 0 Å². The van der Waals surface area contributed by atoms with Crippen molar-refractivity contribution in [3.8, 4) is 0 Å². The summed E-state index contributed by atoms with van der Waals surface area (Å²) in [6.45, 7) is 9.03. The fourth-order valence-electron chi connectivity index (χ4n) is 3.05. The molecular formula is C21H33N3O5. The molecule has 0 spiro atoms. The Kier molecular flexibility index (Phi) is 9.13. The molecule has 1 aromatic heterocycles. The molecule has 0 amide bonds. The second kappa shape index (κ2) is 11.3. The van der Waals surface area contributed by atoms with Crippen LogP contribution in [0.5, 0.6) is 0 Å². The number of hydrogen-bond acceptors (Lipinski definition) is 7. The number of ether oxygens (including phenoxy) is 3. The highest BCUT2D eigenvalue weighted by atomic mass is 16.6. The van der Waals surface area contributed by atoms with Crippen LogP contribution >= 0.6 is 0 Å². The zero-order valence-corrected chi connectivity index (χ0v) is 18.1. The number of aliphatic imine (C=N–C) groups is 1. The first-order valence-corrected chi connectivity index (χ1v) is 10.3. The second-order valence-electron chi connectivity index (χ2n) is 7.50. The molecule has 0 unspecified atom stereocenters. The largest absolute Gasteiger partial charge is 0.382 e. The molecule has 0 N–H and O–H groups in total. The van der Waals surface area contributed by atoms with Crippen molar-refractivity contribution >= 4 is 23.1 Å². The molecule has 1 aliphatic heterocycles. The van der Waals surface area contributed by atoms with Crippen molar-refractivity contribution in [2.45, 2.75) is 65.7 Å². The van der Waals surface area contributed by atoms with E-state index >= 15 is 0 Å². The lowest BCUT2D eigenvalue weighted by Crippen LogP contribution is -2.25. The van der Waals surface area contributed by atoms with Gasteiger partial charge >= 0.3 is 0 Å². The van der Waals surface area contributed by atoms with Crippen molar-refractivity contribution in [2.75, 3.05) is 26.9 Å². The molecule has 2 heterocycles. The molecule has 29 heavy (non-hydrogen) atoms. The molecule has 162 valence electrons. The van der Waals surface area contributed by atoms with Crippen molar-refractivity contribution in [1.82, 2.24) is 9.55 Å². The normalized spacial score (nSPS) is 15.0. The third-order valence-electron chi connectivity index (χ3n) is 4.95. The fraction of sp³-hybridized carbons (Fsp3) is 0.714. The number of ketones is 2. The van der Waals surface area contributed by atoms with E-state index in [0.717, 1.165) is 12.8 Å². The Morgan fingerprint density at radius 2 is 1.97 bits per heavy atom. The molecule has 1 aromatic rings. The summed E-state index contributed by atoms with van der Waals surface area (Å²) in [5, 5.41) is 0. The van der Waals surface area contributed by atoms with Crippen LogP contribution in [0.3, 0.4) is 0 Å². The molecule has 0 aliphatic carbocycles. The second-order valence-corrected chi connectivity index (χ2v) is 7.50. The smallest absolute Gasteiger partial charge is 0.190 e. The number of fused-ring (bicyclic) bond motifs is 1. The number of hydrogen-bond donors (Lipinski definition) is 0. The molecule has 0 aromatic carbocycles. The molecule has 1 atom stereocenters. The maximum atomic E-state index is 12.6. The van der Waals surface area contributed by atoms with Crippen LogP contribution in [-0.4, -0.2) is 59.9 Å². The van der Waals surface area contributed by atoms with Crippen LogP contribution < -0.4 is 0 Å². The highest BCUT2D eigenvalue weighted by molar-refractivity contribution is 6.18. The SMILES string of the molecule is CCC(CC)O[C@H](COCCOC)n1cnc2c1N=C(CC(=O)C(C)C)CC2=O. The van der Waals surface area contributed by atoms with Crippen molar-refractivity contribution in [3.05, 3.63) is 12.0 Å². The van der Waals surface area contributed by atoms with Crippen LogP contribution in [0.1, 0.15) is 70.1 Å². The highest BCUT2D eigenvalue weighted by Gasteiger charge is 2.29. The van der Waals surface area contributed by atoms with Gasteiger partial charge in [0.15, 0.2) is 23.5 Å². The van der Waals surface area contributed by atoms with Crippen molar-refractivity contribution in [2.24, 2.45) is 10.9 Å². The van der Waals surface area contributed by atoms with E-state index < -0.39 is 6.23 Å². The van der Waals surface area contributed by atoms with Gasteiger partial charge in [-0.25, -0.2) is 9.98 Å². The van der Waals surface area contributed by atoms with E-state index in [1.54, 1.807) is 18.0 Å². The lowest BCUT2D eigenvalue weighted by atomic mass is 9.98. The van der Waals surface area contributed by atoms with E-state index in [0.29, 0.717) is 30.4 Å². The first-order valence-electron chi connectivity index (χ1n) is 10.3. The summed E-state index contributed by atoms with van der Waals surface area (Å²) >= 11 is 0. The van der Waals surface area contributed by atoms with Gasteiger partial charge in [-0.05, 0) is 12.8 Å². The molecule has 0 saturated heterocycles. The van der Waals surface area contributed by atoms with Gasteiger partial charge in [0.2, 0.25) is 0 Å². The van der Waals surface area contributed by atoms with E-state index in [9.17, 15) is 9.59 Å². The minimum Gasteiger partial charge on any atom is -0.382 e. The molecule has 8 nitrogen and oxygen atoms in total. The number of nitrogens with zero attached hydrogens (tertiary/aromatic N) is 3. The Bertz CT molecular complexity index is 722. The van der Waals surface area contributed by atoms with Gasteiger partial charge in [0.25, 0.3) is 0 Å². The van der Waals surface area contributed by atoms with Gasteiger partial charge in [-0.15, -0.1) is 0 Å². The number of rotatable bonds is 13. The summed E-state index contributed by atoms with van der Waals surface area (Å²) in [4.78, 5) is 33.6. The molecule has 0 bridgehead atoms. The minimum absolute atomic E-state index is 0.0503. The fourth-order valence-corrected chi connectivity index (χ4v) is 3.05. The van der Waals surface area contributed by atoms with Crippen LogP contribution in [0.25, 0.3) is 0 Å². The highest BCUT2D eigenvalue weighted by Crippen LogP contribution is 2.30. The third-order valence-corrected chi connectivity index (χ3v) is 4.95. The molecule has 8 heteroatoms. The summed E-state index contributed by atoms with van der Waals surface area (Å²) in [5.74, 6) is 0.291. The summed E-state index contributed by atoms with van der Waals surface area (Å²) in [6, 6.07) is 0. The topological polar surface area (TPSA) is 92.0 Å². The lowest BCUT2D eigenvalue weighted by molar-refractivity contribution is -0.120. The minimum atomic E-state index is -0.468. The van der Waals surface area contributed by atoms with E-state index in [-0.39, 0.29) is 43.0 Å². The molecule has 0 saturated carbocycles. The van der Waals surface area contributed by atoms with Crippen molar-refractivity contribution in [1.29, 1.82) is 0 Å². The molecule has 0 fully saturated rings. The van der Waals surface area contributed by atoms with Crippen LogP contribution in [0.4, 0.5) is 5.82 Å². The lowest BCUT2D eigenvalue weighted by Gasteiger charge is -2.26. The maximum absolute atomic E-state index is 12.6. The van der Waals surface area contributed by atoms with Crippen molar-refractivity contribution in [3.63, 3.8) is 0 Å². The summed E-state index contributed by atoms with van der Waals surface area (Å²) in [7, 11) is 1.62. The average Bonchev–Trinajstić information content (AvgIpc) is 3.12. The number of carbonyl (C=O) groups is 2. The Morgan fingerprint density at radius 1 is 1.24 bits per heavy atom. The van der Waals surface area contributed by atoms with E-state index in [2.05, 4.69) is 23.8 Å². The molecule has 1 aliphatic rings. The quantitative estimate of drug-likeness (QED) is 0.465. The van der Waals surface area contributed by atoms with E-state index in [1.807, 2.05) is 13.8 Å². The Balaban J connectivity index is 2.29. The number of Topliss-reactive ketones (excluding diaryl/α,β-unsaturated/α-hetero) is 2. The van der Waals surface area contributed by atoms with Crippen LogP contribution in [0, 0.1) is 5.92 Å². The van der Waals surface area contributed by atoms with Crippen LogP contribution in [0.15, 0.2) is 11.3 Å². The van der Waals surface area contributed by atoms with E-state index in [4.69, 9.17) is 14.2 Å². The monoisotopic (exact) mass is 407 g/mol. The predicted octanol–water partition coefficient (Wildman–Crippen LogP) is 3.52. The number of carbonyl (C=O) groups excluding carboxylic acids is 2. The number of imidazole rings is 1. The predicted molar refractivity (Wildman–Crippen MR) is 110 cm³/mol. The zero-order chi connectivity index (χ0) is 21.4. The van der Waals surface area contributed by atoms with Gasteiger partial charge in [0, 0.05) is 25.2 Å². The first-order chi connectivity index (χ1) is 13.9. The van der Waals surface area contributed by atoms with Gasteiger partial charge in [-0.3, -0.25) is 14.2 Å². The molecular weight excluding hydrogens is 374 g/mol. The van der Waals surface area contributed by atoms with Gasteiger partial charge in [-0.1, -0.05) is 27.7 Å². The summed E-state index contributed by atoms with van der Waals surface area (Å²) < 4.78 is 18.7. The van der Waals surface area contributed by atoms with Gasteiger partial charge in [0.1, 0.15) is 5.78 Å². The Labute approximate surface area is 172 Å². The van der Waals surface area contributed by atoms with Gasteiger partial charge in [0.05, 0.1) is 38.7 Å². The van der Waals surface area contributed by atoms with Crippen molar-refractivity contribution < 1.29 is 23.8 Å². The van der Waals surface area contributed by atoms with Crippen LogP contribution in [-0.2, 0) is 19.0 Å². The number of aromatic nitrogens is 2. The maximum Gasteiger partial charge on any atom is 0.190 e. The molecule has 2 rings (SSSR count). The van der Waals surface area contributed by atoms with Gasteiger partial charge < -0.3 is 14.2 Å². The summed E-state index contributed by atoms with van der Waals surface area (Å²) in [6.07, 6.45) is 3.18. The Hall–Kier alpha value is -1.90. The molecule has 0 radical (unpaired) electrons. The Morgan fingerprint density at radius 3 is 2.59 bits per heavy atom. The standard InChI is InChI=1S/C21H33N3O5/c1-6-16(7-2)29-19(12-28-9-8-27-5)24-13-22-20-18(26)11-15(23-21(20)24)10-17(25)14(3)4/h13-14,16,19H,6-12H2,1-5H3/t19-/m1/s1. The third kappa shape index (κ3) is 6.29. The number of methoxy groups -OCH3 is 1. The average molecular weight is 408 g/mol.